The quantitative estimate of drug-likeness (QED) is 0.0669. The van der Waals surface area contributed by atoms with Crippen LogP contribution in [-0.4, -0.2) is 86.6 Å². The van der Waals surface area contributed by atoms with Gasteiger partial charge in [0, 0.05) is 24.3 Å². The van der Waals surface area contributed by atoms with Crippen molar-refractivity contribution in [3.63, 3.8) is 0 Å². The molecule has 4 N–H and O–H groups in total. The number of nitrogens with one attached hydrogen (secondary N) is 4. The SMILES string of the molecule is CCC(c1cc(-c2ccc(C3CCC(c4ccc(-c5cnc(C6CCCN6C(=O)C(NC(=O)OC)C(C)C)[nH]5)cc4)N3c3ccc(C(C)(C)C)cc3)cc2)n[nH]1)N(CC)C(=O)C(NC=O)C(C)C. The molecule has 4 amide bonds. The van der Waals surface area contributed by atoms with E-state index in [0.29, 0.717) is 25.9 Å². The van der Waals surface area contributed by atoms with Crippen LogP contribution >= 0.6 is 0 Å². The number of hydrogen-bond donors (Lipinski definition) is 4. The van der Waals surface area contributed by atoms with Gasteiger partial charge in [0.2, 0.25) is 18.2 Å². The highest BCUT2D eigenvalue weighted by atomic mass is 16.5. The number of methoxy groups -OCH3 is 1. The van der Waals surface area contributed by atoms with Gasteiger partial charge in [-0.2, -0.15) is 5.10 Å². The van der Waals surface area contributed by atoms with Crippen LogP contribution in [0.2, 0.25) is 0 Å². The fourth-order valence-corrected chi connectivity index (χ4v) is 10.2. The number of ether oxygens (including phenoxy) is 1. The second-order valence-corrected chi connectivity index (χ2v) is 20.0. The average molecular weight is 926 g/mol. The Kier molecular flexibility index (Phi) is 15.5. The Labute approximate surface area is 402 Å². The van der Waals surface area contributed by atoms with E-state index in [0.717, 1.165) is 59.7 Å². The third-order valence-electron chi connectivity index (χ3n) is 14.0. The Hall–Kier alpha value is -6.44. The Morgan fingerprint density at radius 3 is 2.01 bits per heavy atom. The number of carbonyl (C=O) groups is 4. The number of aromatic nitrogens is 4. The zero-order chi connectivity index (χ0) is 48.9. The molecule has 2 aliphatic heterocycles. The molecule has 2 saturated heterocycles. The minimum Gasteiger partial charge on any atom is -0.453 e. The number of H-pyrrole nitrogens is 2. The molecule has 5 aromatic rings. The lowest BCUT2D eigenvalue weighted by Gasteiger charge is -2.34. The van der Waals surface area contributed by atoms with Gasteiger partial charge in [-0.15, -0.1) is 0 Å². The number of aromatic amines is 2. The van der Waals surface area contributed by atoms with Crippen molar-refractivity contribution in [2.24, 2.45) is 11.8 Å². The largest absolute Gasteiger partial charge is 0.453 e. The molecule has 0 radical (unpaired) electrons. The molecular weight excluding hydrogens is 855 g/mol. The van der Waals surface area contributed by atoms with Gasteiger partial charge in [-0.1, -0.05) is 116 Å². The number of rotatable bonds is 17. The van der Waals surface area contributed by atoms with E-state index < -0.39 is 18.2 Å². The molecule has 0 spiro atoms. The first-order valence-corrected chi connectivity index (χ1v) is 24.4. The van der Waals surface area contributed by atoms with Gasteiger partial charge in [0.1, 0.15) is 17.9 Å². The summed E-state index contributed by atoms with van der Waals surface area (Å²) in [6.07, 6.45) is 6.11. The van der Waals surface area contributed by atoms with Crippen LogP contribution in [0, 0.1) is 11.8 Å². The van der Waals surface area contributed by atoms with Crippen LogP contribution in [0.25, 0.3) is 22.5 Å². The van der Waals surface area contributed by atoms with Crippen LogP contribution in [0.4, 0.5) is 10.5 Å². The van der Waals surface area contributed by atoms with Crippen LogP contribution in [0.5, 0.6) is 0 Å². The maximum Gasteiger partial charge on any atom is 0.407 e. The van der Waals surface area contributed by atoms with Gasteiger partial charge in [-0.3, -0.25) is 19.5 Å². The molecule has 6 unspecified atom stereocenters. The van der Waals surface area contributed by atoms with E-state index >= 15 is 0 Å². The van der Waals surface area contributed by atoms with Crippen LogP contribution < -0.4 is 15.5 Å². The molecule has 14 nitrogen and oxygen atoms in total. The summed E-state index contributed by atoms with van der Waals surface area (Å²) >= 11 is 0. The highest BCUT2D eigenvalue weighted by molar-refractivity contribution is 5.86. The topological polar surface area (TPSA) is 169 Å². The normalized spacial score (nSPS) is 18.7. The van der Waals surface area contributed by atoms with Crippen molar-refractivity contribution < 1.29 is 23.9 Å². The van der Waals surface area contributed by atoms with Crippen LogP contribution in [-0.2, 0) is 24.5 Å². The molecule has 7 rings (SSSR count). The first kappa shape index (κ1) is 49.5. The number of benzene rings is 3. The molecule has 362 valence electrons. The lowest BCUT2D eigenvalue weighted by atomic mass is 9.87. The molecule has 3 aromatic carbocycles. The standard InChI is InChI=1S/C54H71N9O5/c1-11-44(61(12-2)51(65)48(33(3)4)56-32-64)42-30-41(59-60-42)35-15-19-37(20-16-35)45-27-28-46(63(45)40-25-23-39(24-26-40)54(7,8)9)38-21-17-36(18-22-38)43-31-55-50(57-43)47-14-13-29-62(47)52(66)49(34(5)6)58-53(67)68-10/h15-26,30-34,44-49H,11-14,27-29H2,1-10H3,(H,55,57)(H,56,64)(H,58,67)(H,59,60). The monoisotopic (exact) mass is 926 g/mol. The predicted molar refractivity (Wildman–Crippen MR) is 266 cm³/mol. The van der Waals surface area contributed by atoms with E-state index in [1.165, 1.54) is 29.5 Å². The molecule has 4 heterocycles. The highest BCUT2D eigenvalue weighted by Crippen LogP contribution is 2.48. The Balaban J connectivity index is 1.11. The summed E-state index contributed by atoms with van der Waals surface area (Å²) in [5.74, 6) is 0.342. The maximum absolute atomic E-state index is 13.7. The van der Waals surface area contributed by atoms with E-state index in [1.54, 1.807) is 0 Å². The molecule has 0 aliphatic carbocycles. The van der Waals surface area contributed by atoms with Crippen molar-refractivity contribution in [3.8, 4) is 22.5 Å². The Bertz CT molecular complexity index is 2490. The number of nitrogens with zero attached hydrogens (tertiary/aromatic N) is 5. The number of hydrogen-bond acceptors (Lipinski definition) is 8. The van der Waals surface area contributed by atoms with Gasteiger partial charge in [-0.25, -0.2) is 9.78 Å². The maximum atomic E-state index is 13.7. The summed E-state index contributed by atoms with van der Waals surface area (Å²) in [4.78, 5) is 65.4. The summed E-state index contributed by atoms with van der Waals surface area (Å²) in [6, 6.07) is 27.2. The summed E-state index contributed by atoms with van der Waals surface area (Å²) in [5.41, 5.74) is 9.50. The van der Waals surface area contributed by atoms with Gasteiger partial charge in [0.05, 0.1) is 54.6 Å². The van der Waals surface area contributed by atoms with E-state index in [4.69, 9.17) is 14.8 Å². The second kappa shape index (κ2) is 21.2. The minimum absolute atomic E-state index is 0.0298. The molecule has 0 bridgehead atoms. The van der Waals surface area contributed by atoms with E-state index in [9.17, 15) is 19.2 Å². The summed E-state index contributed by atoms with van der Waals surface area (Å²) in [6.45, 7) is 19.5. The van der Waals surface area contributed by atoms with E-state index in [1.807, 2.05) is 56.7 Å². The first-order chi connectivity index (χ1) is 32.6. The Morgan fingerprint density at radius 2 is 1.47 bits per heavy atom. The van der Waals surface area contributed by atoms with Crippen LogP contribution in [0.3, 0.4) is 0 Å². The third kappa shape index (κ3) is 10.5. The number of anilines is 1. The summed E-state index contributed by atoms with van der Waals surface area (Å²) < 4.78 is 4.81. The van der Waals surface area contributed by atoms with Gasteiger partial charge in [-0.05, 0) is 96.7 Å². The van der Waals surface area contributed by atoms with Gasteiger partial charge >= 0.3 is 6.09 Å². The van der Waals surface area contributed by atoms with E-state index in [2.05, 4.69) is 126 Å². The lowest BCUT2D eigenvalue weighted by molar-refractivity contribution is -0.138. The minimum atomic E-state index is -0.694. The molecule has 0 saturated carbocycles. The molecule has 14 heteroatoms. The molecule has 6 atom stereocenters. The summed E-state index contributed by atoms with van der Waals surface area (Å²) in [7, 11) is 1.30. The van der Waals surface area contributed by atoms with Gasteiger partial charge in [0.25, 0.3) is 0 Å². The Morgan fingerprint density at radius 1 is 0.853 bits per heavy atom. The fourth-order valence-electron chi connectivity index (χ4n) is 10.2. The molecular formula is C54H71N9O5. The van der Waals surface area contributed by atoms with Crippen molar-refractivity contribution in [2.75, 3.05) is 25.1 Å². The smallest absolute Gasteiger partial charge is 0.407 e. The fraction of sp³-hybridized carbons (Fsp3) is 0.481. The van der Waals surface area contributed by atoms with Crippen LogP contribution in [0.1, 0.15) is 147 Å². The van der Waals surface area contributed by atoms with Gasteiger partial charge in [0.15, 0.2) is 0 Å². The first-order valence-electron chi connectivity index (χ1n) is 24.4. The zero-order valence-electron chi connectivity index (χ0n) is 41.5. The van der Waals surface area contributed by atoms with Crippen molar-refractivity contribution in [1.82, 2.24) is 40.6 Å². The number of likely N-dealkylation sites (tertiary alicyclic amines) is 1. The third-order valence-corrected chi connectivity index (χ3v) is 14.0. The average Bonchev–Trinajstić information content (AvgIpc) is 4.18. The number of likely N-dealkylation sites (N-methyl/N-ethyl adjacent to an activating group) is 1. The number of amides is 4. The lowest BCUT2D eigenvalue weighted by Crippen LogP contribution is -2.51. The number of imidazole rings is 1. The number of carbonyl (C=O) groups excluding carboxylic acids is 4. The molecule has 2 aromatic heterocycles. The molecule has 2 aliphatic rings. The second-order valence-electron chi connectivity index (χ2n) is 20.0. The predicted octanol–water partition coefficient (Wildman–Crippen LogP) is 9.96. The van der Waals surface area contributed by atoms with Crippen molar-refractivity contribution in [1.29, 1.82) is 0 Å². The zero-order valence-corrected chi connectivity index (χ0v) is 41.5. The highest BCUT2D eigenvalue weighted by Gasteiger charge is 2.39. The van der Waals surface area contributed by atoms with Gasteiger partial charge < -0.3 is 35.1 Å². The van der Waals surface area contributed by atoms with Crippen molar-refractivity contribution in [2.45, 2.75) is 136 Å². The van der Waals surface area contributed by atoms with E-state index in [-0.39, 0.29) is 53.2 Å². The number of alkyl carbamates (subject to hydrolysis) is 1. The molecule has 2 fully saturated rings. The van der Waals surface area contributed by atoms with Crippen molar-refractivity contribution >= 4 is 30.0 Å². The van der Waals surface area contributed by atoms with Crippen LogP contribution in [0.15, 0.2) is 85.1 Å². The molecule has 68 heavy (non-hydrogen) atoms. The van der Waals surface area contributed by atoms with Crippen molar-refractivity contribution in [3.05, 3.63) is 113 Å². The summed E-state index contributed by atoms with van der Waals surface area (Å²) in [5, 5.41) is 13.4.